The number of halogens is 1. The monoisotopic (exact) mass is 312 g/mol. The first-order chi connectivity index (χ1) is 10.2. The van der Waals surface area contributed by atoms with Gasteiger partial charge in [-0.15, -0.1) is 0 Å². The first-order valence-corrected chi connectivity index (χ1v) is 7.74. The molecule has 0 unspecified atom stereocenters. The Morgan fingerprint density at radius 3 is 2.48 bits per heavy atom. The Bertz CT molecular complexity index is 761. The molecule has 2 aromatic carbocycles. The van der Waals surface area contributed by atoms with Gasteiger partial charge in [-0.1, -0.05) is 83.1 Å². The third kappa shape index (κ3) is 3.38. The third-order valence-electron chi connectivity index (χ3n) is 3.02. The van der Waals surface area contributed by atoms with Crippen molar-refractivity contribution in [1.82, 2.24) is 4.98 Å². The lowest BCUT2D eigenvalue weighted by Crippen LogP contribution is -1.80. The standard InChI is InChI=1S/C17H13ClN2S/c1-12-7-9-14(10-8-12)15-16(18)21-17(20-15)19-11-13-5-3-2-4-6-13/h2-11H,1H3/b19-11+. The van der Waals surface area contributed by atoms with Gasteiger partial charge in [-0.25, -0.2) is 9.98 Å². The summed E-state index contributed by atoms with van der Waals surface area (Å²) >= 11 is 7.67. The summed E-state index contributed by atoms with van der Waals surface area (Å²) in [6, 6.07) is 18.1. The average Bonchev–Trinajstić information content (AvgIpc) is 2.88. The number of hydrogen-bond acceptors (Lipinski definition) is 3. The molecule has 0 atom stereocenters. The van der Waals surface area contributed by atoms with E-state index >= 15 is 0 Å². The van der Waals surface area contributed by atoms with Crippen LogP contribution < -0.4 is 0 Å². The highest BCUT2D eigenvalue weighted by atomic mass is 35.5. The number of nitrogens with zero attached hydrogens (tertiary/aromatic N) is 2. The zero-order chi connectivity index (χ0) is 14.7. The van der Waals surface area contributed by atoms with E-state index in [1.807, 2.05) is 42.5 Å². The zero-order valence-corrected chi connectivity index (χ0v) is 13.0. The van der Waals surface area contributed by atoms with E-state index in [-0.39, 0.29) is 0 Å². The minimum absolute atomic E-state index is 0.666. The quantitative estimate of drug-likeness (QED) is 0.584. The lowest BCUT2D eigenvalue weighted by atomic mass is 10.1. The van der Waals surface area contributed by atoms with Crippen LogP contribution in [0.3, 0.4) is 0 Å². The van der Waals surface area contributed by atoms with Gasteiger partial charge in [0.2, 0.25) is 5.13 Å². The lowest BCUT2D eigenvalue weighted by molar-refractivity contribution is 1.35. The van der Waals surface area contributed by atoms with Crippen LogP contribution in [0, 0.1) is 6.92 Å². The molecular formula is C17H13ClN2S. The van der Waals surface area contributed by atoms with Gasteiger partial charge in [-0.3, -0.25) is 0 Å². The molecule has 0 fully saturated rings. The second kappa shape index (κ2) is 6.20. The number of aromatic nitrogens is 1. The van der Waals surface area contributed by atoms with Gasteiger partial charge in [0, 0.05) is 11.8 Å². The van der Waals surface area contributed by atoms with Gasteiger partial charge < -0.3 is 0 Å². The molecular weight excluding hydrogens is 300 g/mol. The van der Waals surface area contributed by atoms with Crippen LogP contribution >= 0.6 is 22.9 Å². The minimum Gasteiger partial charge on any atom is -0.227 e. The Morgan fingerprint density at radius 1 is 1.05 bits per heavy atom. The number of thiazole rings is 1. The molecule has 3 rings (SSSR count). The maximum absolute atomic E-state index is 6.28. The van der Waals surface area contributed by atoms with Crippen molar-refractivity contribution in [3.8, 4) is 11.3 Å². The van der Waals surface area contributed by atoms with Crippen LogP contribution in [-0.2, 0) is 0 Å². The second-order valence-electron chi connectivity index (χ2n) is 4.65. The molecule has 0 radical (unpaired) electrons. The summed E-state index contributed by atoms with van der Waals surface area (Å²) in [6.45, 7) is 2.06. The van der Waals surface area contributed by atoms with Crippen LogP contribution in [0.5, 0.6) is 0 Å². The molecule has 0 spiro atoms. The molecule has 0 aliphatic carbocycles. The van der Waals surface area contributed by atoms with Crippen molar-refractivity contribution < 1.29 is 0 Å². The van der Waals surface area contributed by atoms with Gasteiger partial charge in [0.05, 0.1) is 0 Å². The van der Waals surface area contributed by atoms with Crippen molar-refractivity contribution in [2.24, 2.45) is 4.99 Å². The Morgan fingerprint density at radius 2 is 1.76 bits per heavy atom. The van der Waals surface area contributed by atoms with Crippen LogP contribution in [0.15, 0.2) is 59.6 Å². The predicted molar refractivity (Wildman–Crippen MR) is 91.0 cm³/mol. The number of rotatable bonds is 3. The average molecular weight is 313 g/mol. The molecule has 104 valence electrons. The Hall–Kier alpha value is -1.97. The van der Waals surface area contributed by atoms with Crippen molar-refractivity contribution in [1.29, 1.82) is 0 Å². The molecule has 3 aromatic rings. The number of aryl methyl sites for hydroxylation is 1. The molecule has 2 nitrogen and oxygen atoms in total. The Labute approximate surface area is 132 Å². The fourth-order valence-electron chi connectivity index (χ4n) is 1.90. The molecule has 0 bridgehead atoms. The summed E-state index contributed by atoms with van der Waals surface area (Å²) in [7, 11) is 0. The Kier molecular flexibility index (Phi) is 4.13. The maximum Gasteiger partial charge on any atom is 0.211 e. The molecule has 0 N–H and O–H groups in total. The van der Waals surface area contributed by atoms with Gasteiger partial charge in [0.25, 0.3) is 0 Å². The van der Waals surface area contributed by atoms with Crippen LogP contribution in [-0.4, -0.2) is 11.2 Å². The summed E-state index contributed by atoms with van der Waals surface area (Å²) in [5.41, 5.74) is 4.07. The van der Waals surface area contributed by atoms with E-state index in [1.54, 1.807) is 6.21 Å². The predicted octanol–water partition coefficient (Wildman–Crippen LogP) is 5.52. The summed E-state index contributed by atoms with van der Waals surface area (Å²) in [5, 5.41) is 0.666. The fraction of sp³-hybridized carbons (Fsp3) is 0.0588. The highest BCUT2D eigenvalue weighted by molar-refractivity contribution is 7.19. The summed E-state index contributed by atoms with van der Waals surface area (Å²) < 4.78 is 0.666. The van der Waals surface area contributed by atoms with Gasteiger partial charge in [-0.05, 0) is 12.5 Å². The van der Waals surface area contributed by atoms with E-state index in [2.05, 4.69) is 29.0 Å². The fourth-order valence-corrected chi connectivity index (χ4v) is 2.93. The van der Waals surface area contributed by atoms with Gasteiger partial charge in [0.15, 0.2) is 0 Å². The number of aliphatic imine (C=N–C) groups is 1. The number of hydrogen-bond donors (Lipinski definition) is 0. The van der Waals surface area contributed by atoms with Crippen molar-refractivity contribution in [3.63, 3.8) is 0 Å². The topological polar surface area (TPSA) is 25.2 Å². The number of benzene rings is 2. The van der Waals surface area contributed by atoms with Gasteiger partial charge in [-0.2, -0.15) is 0 Å². The summed E-state index contributed by atoms with van der Waals surface area (Å²) in [5.74, 6) is 0. The van der Waals surface area contributed by atoms with Crippen LogP contribution in [0.1, 0.15) is 11.1 Å². The highest BCUT2D eigenvalue weighted by Crippen LogP contribution is 2.36. The van der Waals surface area contributed by atoms with E-state index in [4.69, 9.17) is 11.6 Å². The molecule has 0 aliphatic rings. The van der Waals surface area contributed by atoms with E-state index in [1.165, 1.54) is 16.9 Å². The van der Waals surface area contributed by atoms with E-state index in [0.717, 1.165) is 16.8 Å². The molecule has 4 heteroatoms. The van der Waals surface area contributed by atoms with Crippen molar-refractivity contribution in [2.45, 2.75) is 6.92 Å². The molecule has 0 saturated carbocycles. The van der Waals surface area contributed by atoms with Crippen molar-refractivity contribution in [2.75, 3.05) is 0 Å². The van der Waals surface area contributed by atoms with E-state index < -0.39 is 0 Å². The SMILES string of the molecule is Cc1ccc(-c2nc(/N=C/c3ccccc3)sc2Cl)cc1. The minimum atomic E-state index is 0.666. The molecule has 0 aliphatic heterocycles. The summed E-state index contributed by atoms with van der Waals surface area (Å²) in [4.78, 5) is 8.91. The van der Waals surface area contributed by atoms with E-state index in [9.17, 15) is 0 Å². The van der Waals surface area contributed by atoms with Crippen LogP contribution in [0.4, 0.5) is 5.13 Å². The Balaban J connectivity index is 1.88. The van der Waals surface area contributed by atoms with Gasteiger partial charge >= 0.3 is 0 Å². The van der Waals surface area contributed by atoms with E-state index in [0.29, 0.717) is 9.47 Å². The largest absolute Gasteiger partial charge is 0.227 e. The van der Waals surface area contributed by atoms with Crippen molar-refractivity contribution >= 4 is 34.3 Å². The van der Waals surface area contributed by atoms with Crippen LogP contribution in [0.2, 0.25) is 4.34 Å². The third-order valence-corrected chi connectivity index (χ3v) is 4.19. The van der Waals surface area contributed by atoms with Crippen molar-refractivity contribution in [3.05, 3.63) is 70.1 Å². The summed E-state index contributed by atoms with van der Waals surface area (Å²) in [6.07, 6.45) is 1.80. The highest BCUT2D eigenvalue weighted by Gasteiger charge is 2.10. The second-order valence-corrected chi connectivity index (χ2v) is 6.23. The first kappa shape index (κ1) is 14.0. The maximum atomic E-state index is 6.28. The molecule has 21 heavy (non-hydrogen) atoms. The van der Waals surface area contributed by atoms with Gasteiger partial charge in [0.1, 0.15) is 10.0 Å². The van der Waals surface area contributed by atoms with Crippen LogP contribution in [0.25, 0.3) is 11.3 Å². The zero-order valence-electron chi connectivity index (χ0n) is 11.5. The molecule has 1 aromatic heterocycles. The normalized spacial score (nSPS) is 11.1. The molecule has 0 saturated heterocycles. The first-order valence-electron chi connectivity index (χ1n) is 6.55. The lowest BCUT2D eigenvalue weighted by Gasteiger charge is -1.97. The molecule has 1 heterocycles. The molecule has 0 amide bonds. The smallest absolute Gasteiger partial charge is 0.211 e.